The fraction of sp³-hybridized carbons (Fsp3) is 0.0556. The minimum atomic E-state index is 0.824. The minimum absolute atomic E-state index is 0.824. The molecule has 2 aromatic heterocycles. The summed E-state index contributed by atoms with van der Waals surface area (Å²) < 4.78 is 5.76. The van der Waals surface area contributed by atoms with E-state index in [2.05, 4.69) is 24.3 Å². The van der Waals surface area contributed by atoms with Crippen LogP contribution < -0.4 is 0 Å². The Morgan fingerprint density at radius 3 is 2.20 bits per heavy atom. The Morgan fingerprint density at radius 2 is 1.45 bits per heavy atom. The van der Waals surface area contributed by atoms with Gasteiger partial charge in [-0.25, -0.2) is 4.98 Å². The predicted molar refractivity (Wildman–Crippen MR) is 81.7 cm³/mol. The fourth-order valence-corrected chi connectivity index (χ4v) is 2.65. The van der Waals surface area contributed by atoms with Crippen LogP contribution in [0.3, 0.4) is 0 Å². The molecule has 0 amide bonds. The third-order valence-corrected chi connectivity index (χ3v) is 3.58. The van der Waals surface area contributed by atoms with E-state index in [1.807, 2.05) is 43.3 Å². The van der Waals surface area contributed by atoms with Gasteiger partial charge in [0, 0.05) is 10.8 Å². The van der Waals surface area contributed by atoms with Crippen LogP contribution in [0.25, 0.3) is 33.1 Å². The summed E-state index contributed by atoms with van der Waals surface area (Å²) in [4.78, 5) is 4.79. The van der Waals surface area contributed by atoms with Crippen molar-refractivity contribution in [3.63, 3.8) is 0 Å². The SMILES string of the molecule is Cc1ccc(-c2nc3ccccc3c3ccccc23)o1. The zero-order valence-electron chi connectivity index (χ0n) is 11.1. The first-order valence-electron chi connectivity index (χ1n) is 6.67. The Labute approximate surface area is 116 Å². The zero-order valence-corrected chi connectivity index (χ0v) is 11.1. The fourth-order valence-electron chi connectivity index (χ4n) is 2.65. The summed E-state index contributed by atoms with van der Waals surface area (Å²) >= 11 is 0. The lowest BCUT2D eigenvalue weighted by Gasteiger charge is -2.07. The molecule has 4 rings (SSSR count). The molecule has 2 heterocycles. The number of pyridine rings is 1. The van der Waals surface area contributed by atoms with Crippen molar-refractivity contribution in [2.45, 2.75) is 6.92 Å². The molecule has 0 aliphatic rings. The monoisotopic (exact) mass is 259 g/mol. The van der Waals surface area contributed by atoms with Gasteiger partial charge in [-0.15, -0.1) is 0 Å². The van der Waals surface area contributed by atoms with Crippen molar-refractivity contribution in [1.29, 1.82) is 0 Å². The average Bonchev–Trinajstić information content (AvgIpc) is 2.93. The highest BCUT2D eigenvalue weighted by Gasteiger charge is 2.11. The number of para-hydroxylation sites is 1. The molecular weight excluding hydrogens is 246 g/mol. The van der Waals surface area contributed by atoms with Crippen molar-refractivity contribution in [3.8, 4) is 11.5 Å². The molecule has 0 aliphatic heterocycles. The first-order chi connectivity index (χ1) is 9.83. The number of rotatable bonds is 1. The minimum Gasteiger partial charge on any atom is -0.460 e. The van der Waals surface area contributed by atoms with Crippen molar-refractivity contribution in [1.82, 2.24) is 4.98 Å². The van der Waals surface area contributed by atoms with E-state index in [0.717, 1.165) is 28.1 Å². The molecule has 2 aromatic carbocycles. The molecule has 2 nitrogen and oxygen atoms in total. The van der Waals surface area contributed by atoms with Crippen LogP contribution in [0.15, 0.2) is 65.1 Å². The summed E-state index contributed by atoms with van der Waals surface area (Å²) in [5.74, 6) is 1.73. The number of aryl methyl sites for hydroxylation is 1. The number of hydrogen-bond acceptors (Lipinski definition) is 2. The maximum absolute atomic E-state index is 5.76. The van der Waals surface area contributed by atoms with E-state index in [9.17, 15) is 0 Å². The van der Waals surface area contributed by atoms with Crippen LogP contribution >= 0.6 is 0 Å². The van der Waals surface area contributed by atoms with Gasteiger partial charge >= 0.3 is 0 Å². The molecule has 96 valence electrons. The van der Waals surface area contributed by atoms with Crippen LogP contribution in [0.5, 0.6) is 0 Å². The molecule has 0 bridgehead atoms. The smallest absolute Gasteiger partial charge is 0.153 e. The number of furan rings is 1. The highest BCUT2D eigenvalue weighted by molar-refractivity contribution is 6.10. The van der Waals surface area contributed by atoms with Gasteiger partial charge in [0.25, 0.3) is 0 Å². The van der Waals surface area contributed by atoms with Crippen LogP contribution in [-0.4, -0.2) is 4.98 Å². The molecule has 0 fully saturated rings. The second-order valence-corrected chi connectivity index (χ2v) is 4.93. The van der Waals surface area contributed by atoms with Gasteiger partial charge in [-0.2, -0.15) is 0 Å². The third-order valence-electron chi connectivity index (χ3n) is 3.58. The average molecular weight is 259 g/mol. The highest BCUT2D eigenvalue weighted by atomic mass is 16.3. The van der Waals surface area contributed by atoms with Crippen molar-refractivity contribution in [2.24, 2.45) is 0 Å². The lowest BCUT2D eigenvalue weighted by Crippen LogP contribution is -1.88. The van der Waals surface area contributed by atoms with Gasteiger partial charge in [0.2, 0.25) is 0 Å². The molecular formula is C18H13NO. The molecule has 0 unspecified atom stereocenters. The molecule has 0 radical (unpaired) electrons. The van der Waals surface area contributed by atoms with Gasteiger partial charge in [0.15, 0.2) is 5.76 Å². The van der Waals surface area contributed by atoms with Gasteiger partial charge < -0.3 is 4.42 Å². The van der Waals surface area contributed by atoms with Crippen molar-refractivity contribution < 1.29 is 4.42 Å². The molecule has 0 atom stereocenters. The maximum atomic E-state index is 5.76. The first-order valence-corrected chi connectivity index (χ1v) is 6.67. The largest absolute Gasteiger partial charge is 0.460 e. The van der Waals surface area contributed by atoms with Crippen LogP contribution in [0.2, 0.25) is 0 Å². The third kappa shape index (κ3) is 1.62. The van der Waals surface area contributed by atoms with Gasteiger partial charge in [0.1, 0.15) is 11.5 Å². The Kier molecular flexibility index (Phi) is 2.36. The summed E-state index contributed by atoms with van der Waals surface area (Å²) in [6.45, 7) is 1.95. The number of hydrogen-bond donors (Lipinski definition) is 0. The molecule has 0 spiro atoms. The number of fused-ring (bicyclic) bond motifs is 3. The Bertz CT molecular complexity index is 921. The van der Waals surface area contributed by atoms with E-state index in [1.54, 1.807) is 0 Å². The van der Waals surface area contributed by atoms with E-state index in [-0.39, 0.29) is 0 Å². The zero-order chi connectivity index (χ0) is 13.5. The Morgan fingerprint density at radius 1 is 0.750 bits per heavy atom. The standard InChI is InChI=1S/C18H13NO/c1-12-10-11-17(20-12)18-15-8-3-2-6-13(15)14-7-4-5-9-16(14)19-18/h2-11H,1H3. The van der Waals surface area contributed by atoms with E-state index >= 15 is 0 Å². The lowest BCUT2D eigenvalue weighted by atomic mass is 10.0. The van der Waals surface area contributed by atoms with E-state index in [4.69, 9.17) is 9.40 Å². The number of nitrogens with zero attached hydrogens (tertiary/aromatic N) is 1. The molecule has 0 saturated heterocycles. The van der Waals surface area contributed by atoms with Crippen molar-refractivity contribution in [2.75, 3.05) is 0 Å². The topological polar surface area (TPSA) is 26.0 Å². The maximum Gasteiger partial charge on any atom is 0.153 e. The summed E-state index contributed by atoms with van der Waals surface area (Å²) in [7, 11) is 0. The summed E-state index contributed by atoms with van der Waals surface area (Å²) in [5, 5.41) is 3.51. The molecule has 2 heteroatoms. The van der Waals surface area contributed by atoms with Gasteiger partial charge in [-0.1, -0.05) is 42.5 Å². The van der Waals surface area contributed by atoms with E-state index in [0.29, 0.717) is 0 Å². The Hall–Kier alpha value is -2.61. The highest BCUT2D eigenvalue weighted by Crippen LogP contribution is 2.32. The molecule has 0 saturated carbocycles. The second-order valence-electron chi connectivity index (χ2n) is 4.93. The van der Waals surface area contributed by atoms with Crippen molar-refractivity contribution in [3.05, 3.63) is 66.4 Å². The first kappa shape index (κ1) is 11.2. The van der Waals surface area contributed by atoms with Gasteiger partial charge in [0.05, 0.1) is 5.52 Å². The van der Waals surface area contributed by atoms with Crippen LogP contribution in [0, 0.1) is 6.92 Å². The van der Waals surface area contributed by atoms with Gasteiger partial charge in [-0.05, 0) is 30.5 Å². The number of aromatic nitrogens is 1. The lowest BCUT2D eigenvalue weighted by molar-refractivity contribution is 0.547. The van der Waals surface area contributed by atoms with Gasteiger partial charge in [-0.3, -0.25) is 0 Å². The normalized spacial score (nSPS) is 11.2. The second kappa shape index (κ2) is 4.20. The summed E-state index contributed by atoms with van der Waals surface area (Å²) in [6, 6.07) is 20.5. The molecule has 0 aliphatic carbocycles. The van der Waals surface area contributed by atoms with Crippen LogP contribution in [0.1, 0.15) is 5.76 Å². The summed E-state index contributed by atoms with van der Waals surface area (Å²) in [6.07, 6.45) is 0. The molecule has 0 N–H and O–H groups in total. The molecule has 4 aromatic rings. The quantitative estimate of drug-likeness (QED) is 0.452. The van der Waals surface area contributed by atoms with Crippen LogP contribution in [-0.2, 0) is 0 Å². The van der Waals surface area contributed by atoms with E-state index in [1.165, 1.54) is 10.8 Å². The van der Waals surface area contributed by atoms with E-state index < -0.39 is 0 Å². The molecule has 20 heavy (non-hydrogen) atoms. The Balaban J connectivity index is 2.18. The summed E-state index contributed by atoms with van der Waals surface area (Å²) in [5.41, 5.74) is 1.91. The van der Waals surface area contributed by atoms with Crippen molar-refractivity contribution >= 4 is 21.7 Å². The van der Waals surface area contributed by atoms with Crippen LogP contribution in [0.4, 0.5) is 0 Å². The predicted octanol–water partition coefficient (Wildman–Crippen LogP) is 4.96. The number of benzene rings is 2.